The number of carbonyl (C=O) groups is 1. The first kappa shape index (κ1) is 17.6. The van der Waals surface area contributed by atoms with Gasteiger partial charge in [0.15, 0.2) is 0 Å². The molecule has 1 amide bonds. The number of hydrogen-bond acceptors (Lipinski definition) is 5. The zero-order valence-electron chi connectivity index (χ0n) is 13.5. The Labute approximate surface area is 137 Å². The largest absolute Gasteiger partial charge is 0.508 e. The van der Waals surface area contributed by atoms with Gasteiger partial charge in [0, 0.05) is 24.7 Å². The molecule has 0 aliphatic carbocycles. The van der Waals surface area contributed by atoms with E-state index >= 15 is 0 Å². The molecule has 1 fully saturated rings. The predicted octanol–water partition coefficient (Wildman–Crippen LogP) is 1.32. The molecule has 0 spiro atoms. The lowest BCUT2D eigenvalue weighted by Gasteiger charge is -2.32. The summed E-state index contributed by atoms with van der Waals surface area (Å²) >= 11 is 0. The molecule has 6 heteroatoms. The summed E-state index contributed by atoms with van der Waals surface area (Å²) in [5.41, 5.74) is 11.5. The zero-order valence-corrected chi connectivity index (χ0v) is 13.5. The van der Waals surface area contributed by atoms with Crippen molar-refractivity contribution in [2.24, 2.45) is 17.4 Å². The molecule has 1 aromatic carbocycles. The van der Waals surface area contributed by atoms with Crippen LogP contribution < -0.4 is 16.2 Å². The highest BCUT2D eigenvalue weighted by atomic mass is 16.5. The lowest BCUT2D eigenvalue weighted by molar-refractivity contribution is 0.0687. The maximum absolute atomic E-state index is 12.6. The molecule has 0 radical (unpaired) electrons. The molecule has 1 aliphatic heterocycles. The van der Waals surface area contributed by atoms with E-state index in [0.717, 1.165) is 38.8 Å². The highest BCUT2D eigenvalue weighted by molar-refractivity contribution is 5.95. The van der Waals surface area contributed by atoms with Gasteiger partial charge in [0.05, 0.1) is 6.61 Å². The minimum atomic E-state index is -0.0595. The molecule has 2 rings (SSSR count). The Balaban J connectivity index is 1.99. The highest BCUT2D eigenvalue weighted by Gasteiger charge is 2.23. The molecular weight excluding hydrogens is 294 g/mol. The average molecular weight is 321 g/mol. The first-order valence-corrected chi connectivity index (χ1v) is 8.30. The molecular formula is C17H27N3O3. The summed E-state index contributed by atoms with van der Waals surface area (Å²) in [5, 5.41) is 9.82. The highest BCUT2D eigenvalue weighted by Crippen LogP contribution is 2.25. The minimum absolute atomic E-state index is 0.0385. The van der Waals surface area contributed by atoms with Crippen LogP contribution in [0.2, 0.25) is 0 Å². The third-order valence-corrected chi connectivity index (χ3v) is 4.23. The number of phenols is 1. The first-order valence-electron chi connectivity index (χ1n) is 8.30. The molecule has 0 saturated carbocycles. The fourth-order valence-corrected chi connectivity index (χ4v) is 2.91. The van der Waals surface area contributed by atoms with Gasteiger partial charge >= 0.3 is 0 Å². The Morgan fingerprint density at radius 3 is 2.61 bits per heavy atom. The second kappa shape index (κ2) is 8.74. The van der Waals surface area contributed by atoms with Crippen LogP contribution in [-0.2, 0) is 0 Å². The molecule has 23 heavy (non-hydrogen) atoms. The summed E-state index contributed by atoms with van der Waals surface area (Å²) in [6, 6.07) is 4.69. The number of aromatic hydroxyl groups is 1. The number of nitrogens with two attached hydrogens (primary N) is 2. The van der Waals surface area contributed by atoms with Crippen LogP contribution in [0.4, 0.5) is 0 Å². The quantitative estimate of drug-likeness (QED) is 0.657. The van der Waals surface area contributed by atoms with Crippen LogP contribution in [-0.4, -0.2) is 48.7 Å². The van der Waals surface area contributed by atoms with Crippen molar-refractivity contribution in [3.05, 3.63) is 23.8 Å². The van der Waals surface area contributed by atoms with Gasteiger partial charge in [-0.15, -0.1) is 0 Å². The summed E-state index contributed by atoms with van der Waals surface area (Å²) in [5.74, 6) is 1.09. The van der Waals surface area contributed by atoms with E-state index in [2.05, 4.69) is 0 Å². The molecule has 0 bridgehead atoms. The van der Waals surface area contributed by atoms with Gasteiger partial charge in [0.2, 0.25) is 0 Å². The summed E-state index contributed by atoms with van der Waals surface area (Å²) in [6.07, 6.45) is 3.73. The predicted molar refractivity (Wildman–Crippen MR) is 89.6 cm³/mol. The summed E-state index contributed by atoms with van der Waals surface area (Å²) < 4.78 is 5.53. The van der Waals surface area contributed by atoms with Crippen molar-refractivity contribution in [2.45, 2.75) is 25.7 Å². The van der Waals surface area contributed by atoms with Gasteiger partial charge in [-0.05, 0) is 56.8 Å². The van der Waals surface area contributed by atoms with Crippen molar-refractivity contribution in [1.29, 1.82) is 0 Å². The minimum Gasteiger partial charge on any atom is -0.508 e. The molecule has 6 nitrogen and oxygen atoms in total. The van der Waals surface area contributed by atoms with Gasteiger partial charge < -0.3 is 26.2 Å². The van der Waals surface area contributed by atoms with Crippen LogP contribution >= 0.6 is 0 Å². The normalized spacial score (nSPS) is 15.7. The zero-order chi connectivity index (χ0) is 16.7. The molecule has 0 aromatic heterocycles. The van der Waals surface area contributed by atoms with E-state index in [1.807, 2.05) is 4.90 Å². The summed E-state index contributed by atoms with van der Waals surface area (Å²) in [4.78, 5) is 14.5. The van der Waals surface area contributed by atoms with Gasteiger partial charge in [-0.1, -0.05) is 0 Å². The number of phenolic OH excluding ortho intramolecular Hbond substituents is 1. The Hall–Kier alpha value is -1.79. The van der Waals surface area contributed by atoms with Gasteiger partial charge in [-0.3, -0.25) is 4.79 Å². The monoisotopic (exact) mass is 321 g/mol. The van der Waals surface area contributed by atoms with Crippen LogP contribution in [0.3, 0.4) is 0 Å². The number of nitrogens with zero attached hydrogens (tertiary/aromatic N) is 1. The van der Waals surface area contributed by atoms with Gasteiger partial charge in [-0.2, -0.15) is 0 Å². The van der Waals surface area contributed by atoms with E-state index in [0.29, 0.717) is 36.9 Å². The standard InChI is InChI=1S/C17H27N3O3/c18-5-1-9-23-16-11-14(10-15(21)12-16)17(22)20-7-3-13(2-6-19)4-8-20/h10-13,21H,1-9,18-19H2. The number of likely N-dealkylation sites (tertiary alicyclic amines) is 1. The van der Waals surface area contributed by atoms with E-state index in [9.17, 15) is 9.90 Å². The molecule has 1 heterocycles. The van der Waals surface area contributed by atoms with Crippen molar-refractivity contribution in [3.8, 4) is 11.5 Å². The Morgan fingerprint density at radius 2 is 1.96 bits per heavy atom. The molecule has 1 aliphatic rings. The van der Waals surface area contributed by atoms with Gasteiger partial charge in [0.25, 0.3) is 5.91 Å². The lowest BCUT2D eigenvalue weighted by Crippen LogP contribution is -2.38. The fourth-order valence-electron chi connectivity index (χ4n) is 2.91. The number of ether oxygens (including phenoxy) is 1. The smallest absolute Gasteiger partial charge is 0.254 e. The van der Waals surface area contributed by atoms with Crippen LogP contribution in [0, 0.1) is 5.92 Å². The molecule has 0 unspecified atom stereocenters. The number of piperidine rings is 1. The average Bonchev–Trinajstić information content (AvgIpc) is 2.55. The van der Waals surface area contributed by atoms with Crippen molar-refractivity contribution < 1.29 is 14.6 Å². The molecule has 1 aromatic rings. The third-order valence-electron chi connectivity index (χ3n) is 4.23. The van der Waals surface area contributed by atoms with Crippen molar-refractivity contribution in [3.63, 3.8) is 0 Å². The number of rotatable bonds is 7. The maximum Gasteiger partial charge on any atom is 0.254 e. The lowest BCUT2D eigenvalue weighted by atomic mass is 9.93. The van der Waals surface area contributed by atoms with E-state index in [4.69, 9.17) is 16.2 Å². The molecule has 5 N–H and O–H groups in total. The van der Waals surface area contributed by atoms with E-state index in [1.54, 1.807) is 6.07 Å². The van der Waals surface area contributed by atoms with E-state index in [-0.39, 0.29) is 11.7 Å². The van der Waals surface area contributed by atoms with Gasteiger partial charge in [0.1, 0.15) is 11.5 Å². The molecule has 128 valence electrons. The molecule has 0 atom stereocenters. The Kier molecular flexibility index (Phi) is 6.67. The Bertz CT molecular complexity index is 514. The Morgan fingerprint density at radius 1 is 1.22 bits per heavy atom. The number of amides is 1. The van der Waals surface area contributed by atoms with Crippen LogP contribution in [0.25, 0.3) is 0 Å². The second-order valence-corrected chi connectivity index (χ2v) is 6.02. The first-order chi connectivity index (χ1) is 11.1. The van der Waals surface area contributed by atoms with Crippen molar-refractivity contribution >= 4 is 5.91 Å². The number of hydrogen-bond donors (Lipinski definition) is 3. The second-order valence-electron chi connectivity index (χ2n) is 6.02. The molecule has 1 saturated heterocycles. The van der Waals surface area contributed by atoms with Crippen LogP contribution in [0.1, 0.15) is 36.0 Å². The van der Waals surface area contributed by atoms with Crippen LogP contribution in [0.15, 0.2) is 18.2 Å². The summed E-state index contributed by atoms with van der Waals surface area (Å²) in [6.45, 7) is 3.19. The van der Waals surface area contributed by atoms with Crippen LogP contribution in [0.5, 0.6) is 11.5 Å². The van der Waals surface area contributed by atoms with E-state index in [1.165, 1.54) is 12.1 Å². The SMILES string of the molecule is NCCCOc1cc(O)cc(C(=O)N2CCC(CCN)CC2)c1. The maximum atomic E-state index is 12.6. The third kappa shape index (κ3) is 5.11. The summed E-state index contributed by atoms with van der Waals surface area (Å²) in [7, 11) is 0. The number of carbonyl (C=O) groups excluding carboxylic acids is 1. The van der Waals surface area contributed by atoms with Crippen molar-refractivity contribution in [1.82, 2.24) is 4.90 Å². The number of benzene rings is 1. The van der Waals surface area contributed by atoms with Gasteiger partial charge in [-0.25, -0.2) is 0 Å². The topological polar surface area (TPSA) is 102 Å². The van der Waals surface area contributed by atoms with E-state index < -0.39 is 0 Å². The fraction of sp³-hybridized carbons (Fsp3) is 0.588. The van der Waals surface area contributed by atoms with Crippen molar-refractivity contribution in [2.75, 3.05) is 32.8 Å².